The van der Waals surface area contributed by atoms with Gasteiger partial charge in [0.2, 0.25) is 0 Å². The highest BCUT2D eigenvalue weighted by atomic mass is 35.5. The molecule has 0 N–H and O–H groups in total. The van der Waals surface area contributed by atoms with Gasteiger partial charge in [0.05, 0.1) is 29.8 Å². The number of pyridine rings is 1. The molecule has 0 radical (unpaired) electrons. The third kappa shape index (κ3) is 7.52. The Morgan fingerprint density at radius 2 is 1.73 bits per heavy atom. The largest absolute Gasteiger partial charge is 0.492 e. The molecule has 0 bridgehead atoms. The van der Waals surface area contributed by atoms with Gasteiger partial charge >= 0.3 is 0 Å². The number of carbonyl (C=O) groups is 1. The van der Waals surface area contributed by atoms with Crippen LogP contribution in [0, 0.1) is 0 Å². The molecule has 1 fully saturated rings. The molecule has 1 aliphatic heterocycles. The van der Waals surface area contributed by atoms with Crippen LogP contribution >= 0.6 is 46.4 Å². The molecule has 8 nitrogen and oxygen atoms in total. The highest BCUT2D eigenvalue weighted by Gasteiger charge is 2.24. The van der Waals surface area contributed by atoms with Gasteiger partial charge in [0.15, 0.2) is 10.6 Å². The smallest absolute Gasteiger partial charge is 0.260 e. The molecule has 0 aliphatic carbocycles. The van der Waals surface area contributed by atoms with E-state index in [1.807, 2.05) is 24.3 Å². The van der Waals surface area contributed by atoms with Crippen molar-refractivity contribution in [2.75, 3.05) is 44.4 Å². The fourth-order valence-corrected chi connectivity index (χ4v) is 5.21. The molecule has 2 aromatic heterocycles. The number of benzene rings is 2. The zero-order valence-corrected chi connectivity index (χ0v) is 24.8. The summed E-state index contributed by atoms with van der Waals surface area (Å²) in [6, 6.07) is 17.8. The minimum atomic E-state index is -1.26. The van der Waals surface area contributed by atoms with Crippen LogP contribution in [0.3, 0.4) is 0 Å². The van der Waals surface area contributed by atoms with Crippen LogP contribution in [-0.2, 0) is 16.1 Å². The van der Waals surface area contributed by atoms with E-state index in [9.17, 15) is 4.79 Å². The molecule has 1 saturated heterocycles. The first-order valence-electron chi connectivity index (χ1n) is 12.9. The van der Waals surface area contributed by atoms with E-state index in [0.717, 1.165) is 44.2 Å². The number of nitrogens with zero attached hydrogens (tertiary/aromatic N) is 4. The van der Waals surface area contributed by atoms with E-state index in [4.69, 9.17) is 60.4 Å². The van der Waals surface area contributed by atoms with Gasteiger partial charge in [0.1, 0.15) is 23.7 Å². The number of amides is 1. The van der Waals surface area contributed by atoms with Crippen molar-refractivity contribution >= 4 is 58.0 Å². The van der Waals surface area contributed by atoms with E-state index in [-0.39, 0.29) is 6.54 Å². The van der Waals surface area contributed by atoms with E-state index in [1.165, 1.54) is 4.90 Å². The van der Waals surface area contributed by atoms with Gasteiger partial charge in [-0.15, -0.1) is 0 Å². The first-order chi connectivity index (χ1) is 19.9. The summed E-state index contributed by atoms with van der Waals surface area (Å²) in [5.74, 6) is 0.646. The molecule has 3 heterocycles. The van der Waals surface area contributed by atoms with Crippen molar-refractivity contribution in [2.45, 2.75) is 11.4 Å². The Bertz CT molecular complexity index is 1460. The summed E-state index contributed by atoms with van der Waals surface area (Å²) in [4.78, 5) is 20.0. The van der Waals surface area contributed by atoms with Gasteiger partial charge in [-0.1, -0.05) is 69.8 Å². The molecular formula is C29H26Cl4N4O4. The number of rotatable bonds is 10. The maximum Gasteiger partial charge on any atom is 0.260 e. The minimum Gasteiger partial charge on any atom is -0.492 e. The number of morpholine rings is 1. The summed E-state index contributed by atoms with van der Waals surface area (Å²) in [6.07, 6.45) is 1.57. The maximum atomic E-state index is 13.1. The highest BCUT2D eigenvalue weighted by Crippen LogP contribution is 2.36. The number of ether oxygens (including phenoxy) is 2. The van der Waals surface area contributed by atoms with E-state index in [1.54, 1.807) is 42.6 Å². The number of aromatic nitrogens is 2. The lowest BCUT2D eigenvalue weighted by molar-refractivity contribution is -0.117. The molecule has 0 saturated carbocycles. The number of carbonyl (C=O) groups excluding carboxylic acids is 1. The minimum absolute atomic E-state index is 0.225. The van der Waals surface area contributed by atoms with Gasteiger partial charge in [-0.2, -0.15) is 0 Å². The maximum absolute atomic E-state index is 13.1. The van der Waals surface area contributed by atoms with Gasteiger partial charge in [-0.25, -0.2) is 0 Å². The average molecular weight is 636 g/mol. The molecule has 12 heteroatoms. The van der Waals surface area contributed by atoms with Crippen LogP contribution < -0.4 is 9.64 Å². The zero-order chi connectivity index (χ0) is 28.8. The summed E-state index contributed by atoms with van der Waals surface area (Å²) in [7, 11) is 0. The number of halogens is 4. The molecule has 214 valence electrons. The molecule has 0 unspecified atom stereocenters. The third-order valence-electron chi connectivity index (χ3n) is 6.53. The molecule has 1 aliphatic rings. The van der Waals surface area contributed by atoms with Crippen molar-refractivity contribution in [3.8, 4) is 28.5 Å². The van der Waals surface area contributed by atoms with Gasteiger partial charge in [-0.3, -0.25) is 14.7 Å². The normalized spacial score (nSPS) is 13.9. The van der Waals surface area contributed by atoms with Crippen molar-refractivity contribution in [1.82, 2.24) is 15.0 Å². The molecule has 0 atom stereocenters. The first kappa shape index (κ1) is 29.6. The molecule has 5 rings (SSSR count). The fourth-order valence-electron chi connectivity index (χ4n) is 4.38. The number of hydrogen-bond donors (Lipinski definition) is 0. The van der Waals surface area contributed by atoms with Crippen molar-refractivity contribution in [1.29, 1.82) is 0 Å². The van der Waals surface area contributed by atoms with Crippen LogP contribution in [0.2, 0.25) is 10.0 Å². The first-order valence-corrected chi connectivity index (χ1v) is 14.5. The second-order valence-corrected chi connectivity index (χ2v) is 11.2. The lowest BCUT2D eigenvalue weighted by Crippen LogP contribution is -2.38. The standard InChI is InChI=1S/C29H26Cl4N4O4/c30-22-2-1-3-23(31)27(22)25-17-26(41-35-25)24-16-20(8-9-34-24)37(29(38)28(32)33)18-19-4-6-21(7-5-19)40-15-12-36-10-13-39-14-11-36/h1-9,16-17,28H,10-15,18H2. The third-order valence-corrected chi connectivity index (χ3v) is 7.54. The van der Waals surface area contributed by atoms with Crippen LogP contribution in [-0.4, -0.2) is 65.2 Å². The Kier molecular flexibility index (Phi) is 10.0. The summed E-state index contributed by atoms with van der Waals surface area (Å²) in [6.45, 7) is 4.98. The van der Waals surface area contributed by atoms with Gasteiger partial charge in [-0.05, 0) is 42.0 Å². The SMILES string of the molecule is O=C(C(Cl)Cl)N(Cc1ccc(OCCN2CCOCC2)cc1)c1ccnc(-c2cc(-c3c(Cl)cccc3Cl)no2)c1. The van der Waals surface area contributed by atoms with Crippen molar-refractivity contribution in [2.24, 2.45) is 0 Å². The Hall–Kier alpha value is -2.85. The summed E-state index contributed by atoms with van der Waals surface area (Å²) >= 11 is 24.7. The summed E-state index contributed by atoms with van der Waals surface area (Å²) < 4.78 is 16.8. The fraction of sp³-hybridized carbons (Fsp3) is 0.276. The highest BCUT2D eigenvalue weighted by molar-refractivity contribution is 6.54. The predicted octanol–water partition coefficient (Wildman–Crippen LogP) is 6.76. The van der Waals surface area contributed by atoms with Crippen LogP contribution in [0.15, 0.2) is 71.4 Å². The Morgan fingerprint density at radius 3 is 2.44 bits per heavy atom. The van der Waals surface area contributed by atoms with Crippen LogP contribution in [0.5, 0.6) is 5.75 Å². The number of anilines is 1. The van der Waals surface area contributed by atoms with Gasteiger partial charge in [0, 0.05) is 43.1 Å². The molecule has 4 aromatic rings. The van der Waals surface area contributed by atoms with Gasteiger partial charge in [0.25, 0.3) is 5.91 Å². The second-order valence-electron chi connectivity index (χ2n) is 9.24. The Morgan fingerprint density at radius 1 is 1.00 bits per heavy atom. The van der Waals surface area contributed by atoms with E-state index in [2.05, 4.69) is 15.0 Å². The van der Waals surface area contributed by atoms with Crippen molar-refractivity contribution < 1.29 is 18.8 Å². The Labute approximate surface area is 257 Å². The summed E-state index contributed by atoms with van der Waals surface area (Å²) in [5, 5.41) is 5.01. The lowest BCUT2D eigenvalue weighted by atomic mass is 10.1. The van der Waals surface area contributed by atoms with Crippen LogP contribution in [0.4, 0.5) is 5.69 Å². The predicted molar refractivity (Wildman–Crippen MR) is 161 cm³/mol. The van der Waals surface area contributed by atoms with Gasteiger partial charge < -0.3 is 18.9 Å². The summed E-state index contributed by atoms with van der Waals surface area (Å²) in [5.41, 5.74) is 2.86. The molecule has 41 heavy (non-hydrogen) atoms. The lowest BCUT2D eigenvalue weighted by Gasteiger charge is -2.26. The van der Waals surface area contributed by atoms with E-state index in [0.29, 0.717) is 45.1 Å². The molecule has 2 aromatic carbocycles. The topological polar surface area (TPSA) is 80.9 Å². The van der Waals surface area contributed by atoms with Crippen LogP contribution in [0.25, 0.3) is 22.7 Å². The Balaban J connectivity index is 1.31. The van der Waals surface area contributed by atoms with Crippen molar-refractivity contribution in [3.63, 3.8) is 0 Å². The molecule has 0 spiro atoms. The molecular weight excluding hydrogens is 610 g/mol. The van der Waals surface area contributed by atoms with E-state index < -0.39 is 10.7 Å². The quantitative estimate of drug-likeness (QED) is 0.178. The number of alkyl halides is 2. The second kappa shape index (κ2) is 13.9. The zero-order valence-electron chi connectivity index (χ0n) is 21.8. The van der Waals surface area contributed by atoms with Crippen molar-refractivity contribution in [3.05, 3.63) is 82.5 Å². The van der Waals surface area contributed by atoms with Crippen LogP contribution in [0.1, 0.15) is 5.56 Å². The van der Waals surface area contributed by atoms with E-state index >= 15 is 0 Å². The number of hydrogen-bond acceptors (Lipinski definition) is 7. The monoisotopic (exact) mass is 634 g/mol. The average Bonchev–Trinajstić information content (AvgIpc) is 3.47. The molecule has 1 amide bonds.